The first-order valence-electron chi connectivity index (χ1n) is 4.37. The molecule has 2 aromatic rings. The average molecular weight is 252 g/mol. The fourth-order valence-electron chi connectivity index (χ4n) is 1.19. The number of aromatic nitrogens is 2. The number of hydrogen-bond donors (Lipinski definition) is 3. The Morgan fingerprint density at radius 1 is 1.44 bits per heavy atom. The molecule has 16 heavy (non-hydrogen) atoms. The standard InChI is InChI=1S/C9H8N4OS2/c10-8(14)11-6-3-1-5(2-4-6)7-12-13-9(15)16-7/h1-4H,(H,13,15)(H3,10,11,14). The molecule has 1 aromatic heterocycles. The van der Waals surface area contributed by atoms with E-state index in [0.717, 1.165) is 10.6 Å². The van der Waals surface area contributed by atoms with Crippen LogP contribution in [0.15, 0.2) is 24.3 Å². The van der Waals surface area contributed by atoms with E-state index in [1.54, 1.807) is 12.1 Å². The van der Waals surface area contributed by atoms with Crippen LogP contribution < -0.4 is 11.1 Å². The molecule has 7 heteroatoms. The lowest BCUT2D eigenvalue weighted by molar-refractivity contribution is 0.259. The third kappa shape index (κ3) is 2.44. The number of carbonyl (C=O) groups is 1. The number of hydrogen-bond acceptors (Lipinski definition) is 4. The van der Waals surface area contributed by atoms with Crippen LogP contribution in [0.5, 0.6) is 0 Å². The van der Waals surface area contributed by atoms with Crippen molar-refractivity contribution in [2.75, 3.05) is 5.32 Å². The predicted octanol–water partition coefficient (Wildman–Crippen LogP) is 2.36. The molecule has 0 unspecified atom stereocenters. The topological polar surface area (TPSA) is 83.8 Å². The van der Waals surface area contributed by atoms with Crippen LogP contribution in [0.25, 0.3) is 10.6 Å². The van der Waals surface area contributed by atoms with Crippen molar-refractivity contribution in [1.29, 1.82) is 0 Å². The summed E-state index contributed by atoms with van der Waals surface area (Å²) in [4.78, 5) is 10.6. The van der Waals surface area contributed by atoms with Crippen molar-refractivity contribution in [2.24, 2.45) is 5.73 Å². The van der Waals surface area contributed by atoms with E-state index in [9.17, 15) is 4.79 Å². The first kappa shape index (κ1) is 10.8. The molecule has 82 valence electrons. The summed E-state index contributed by atoms with van der Waals surface area (Å²) >= 11 is 6.34. The number of benzene rings is 1. The van der Waals surface area contributed by atoms with Crippen LogP contribution in [-0.2, 0) is 0 Å². The van der Waals surface area contributed by atoms with E-state index < -0.39 is 6.03 Å². The van der Waals surface area contributed by atoms with Gasteiger partial charge in [-0.25, -0.2) is 4.79 Å². The van der Waals surface area contributed by atoms with Crippen molar-refractivity contribution in [3.63, 3.8) is 0 Å². The van der Waals surface area contributed by atoms with Gasteiger partial charge in [-0.15, -0.1) is 0 Å². The Hall–Kier alpha value is -1.73. The second kappa shape index (κ2) is 4.42. The van der Waals surface area contributed by atoms with E-state index in [1.807, 2.05) is 12.1 Å². The summed E-state index contributed by atoms with van der Waals surface area (Å²) in [5, 5.41) is 10.1. The van der Waals surface area contributed by atoms with Crippen molar-refractivity contribution in [3.8, 4) is 10.6 Å². The van der Waals surface area contributed by atoms with E-state index in [0.29, 0.717) is 9.64 Å². The molecule has 0 fully saturated rings. The molecule has 1 aromatic carbocycles. The van der Waals surface area contributed by atoms with E-state index >= 15 is 0 Å². The molecule has 0 aliphatic heterocycles. The van der Waals surface area contributed by atoms with Crippen LogP contribution >= 0.6 is 23.6 Å². The van der Waals surface area contributed by atoms with Crippen LogP contribution in [0, 0.1) is 3.95 Å². The van der Waals surface area contributed by atoms with Gasteiger partial charge in [0.1, 0.15) is 5.01 Å². The quantitative estimate of drug-likeness (QED) is 0.717. The molecule has 0 aliphatic carbocycles. The SMILES string of the molecule is NC(=O)Nc1ccc(-c2n[nH]c(=S)s2)cc1. The Balaban J connectivity index is 2.25. The zero-order valence-corrected chi connectivity index (χ0v) is 9.69. The van der Waals surface area contributed by atoms with Gasteiger partial charge in [-0.05, 0) is 36.5 Å². The van der Waals surface area contributed by atoms with Crippen molar-refractivity contribution in [3.05, 3.63) is 28.2 Å². The Morgan fingerprint density at radius 2 is 2.12 bits per heavy atom. The molecule has 0 aliphatic rings. The van der Waals surface area contributed by atoms with Gasteiger partial charge in [-0.2, -0.15) is 5.10 Å². The molecule has 2 rings (SSSR count). The minimum Gasteiger partial charge on any atom is -0.351 e. The predicted molar refractivity (Wildman–Crippen MR) is 65.9 cm³/mol. The molecule has 5 nitrogen and oxygen atoms in total. The first-order chi connectivity index (χ1) is 7.65. The second-order valence-corrected chi connectivity index (χ2v) is 4.65. The molecular weight excluding hydrogens is 244 g/mol. The van der Waals surface area contributed by atoms with Gasteiger partial charge in [0.25, 0.3) is 0 Å². The van der Waals surface area contributed by atoms with Gasteiger partial charge in [0.15, 0.2) is 3.95 Å². The highest BCUT2D eigenvalue weighted by Gasteiger charge is 2.02. The summed E-state index contributed by atoms with van der Waals surface area (Å²) in [5.74, 6) is 0. The van der Waals surface area contributed by atoms with Gasteiger partial charge in [-0.1, -0.05) is 11.3 Å². The van der Waals surface area contributed by atoms with E-state index in [-0.39, 0.29) is 0 Å². The zero-order chi connectivity index (χ0) is 11.5. The molecule has 4 N–H and O–H groups in total. The Morgan fingerprint density at radius 3 is 2.62 bits per heavy atom. The molecule has 0 bridgehead atoms. The van der Waals surface area contributed by atoms with Gasteiger partial charge in [0.2, 0.25) is 0 Å². The highest BCUT2D eigenvalue weighted by molar-refractivity contribution is 7.73. The molecule has 2 amide bonds. The third-order valence-electron chi connectivity index (χ3n) is 1.84. The number of nitrogens with two attached hydrogens (primary N) is 1. The number of anilines is 1. The smallest absolute Gasteiger partial charge is 0.316 e. The maximum Gasteiger partial charge on any atom is 0.316 e. The molecule has 0 saturated carbocycles. The lowest BCUT2D eigenvalue weighted by Gasteiger charge is -2.01. The number of carbonyl (C=O) groups excluding carboxylic acids is 1. The van der Waals surface area contributed by atoms with E-state index in [2.05, 4.69) is 15.5 Å². The Kier molecular flexibility index (Phi) is 2.97. The molecule has 0 saturated heterocycles. The number of rotatable bonds is 2. The summed E-state index contributed by atoms with van der Waals surface area (Å²) in [6, 6.07) is 6.61. The van der Waals surface area contributed by atoms with Crippen molar-refractivity contribution in [1.82, 2.24) is 10.2 Å². The first-order valence-corrected chi connectivity index (χ1v) is 5.60. The number of nitrogens with zero attached hydrogens (tertiary/aromatic N) is 1. The Labute approximate surface area is 100 Å². The van der Waals surface area contributed by atoms with Crippen molar-refractivity contribution >= 4 is 35.3 Å². The highest BCUT2D eigenvalue weighted by Crippen LogP contribution is 2.23. The fourth-order valence-corrected chi connectivity index (χ4v) is 2.09. The molecule has 0 atom stereocenters. The molecule has 0 spiro atoms. The maximum absolute atomic E-state index is 10.6. The van der Waals surface area contributed by atoms with Crippen LogP contribution in [0.3, 0.4) is 0 Å². The number of aromatic amines is 1. The van der Waals surface area contributed by atoms with Gasteiger partial charge < -0.3 is 11.1 Å². The van der Waals surface area contributed by atoms with Crippen LogP contribution in [-0.4, -0.2) is 16.2 Å². The number of nitrogens with one attached hydrogen (secondary N) is 2. The number of amides is 2. The lowest BCUT2D eigenvalue weighted by atomic mass is 10.2. The van der Waals surface area contributed by atoms with Crippen LogP contribution in [0.4, 0.5) is 10.5 Å². The normalized spacial score (nSPS) is 10.0. The zero-order valence-electron chi connectivity index (χ0n) is 8.06. The maximum atomic E-state index is 10.6. The van der Waals surface area contributed by atoms with Gasteiger partial charge in [0.05, 0.1) is 0 Å². The largest absolute Gasteiger partial charge is 0.351 e. The summed E-state index contributed by atoms with van der Waals surface area (Å²) in [7, 11) is 0. The second-order valence-electron chi connectivity index (χ2n) is 2.98. The van der Waals surface area contributed by atoms with E-state index in [4.69, 9.17) is 18.0 Å². The lowest BCUT2D eigenvalue weighted by Crippen LogP contribution is -2.19. The van der Waals surface area contributed by atoms with Gasteiger partial charge in [0, 0.05) is 11.3 Å². The summed E-state index contributed by atoms with van der Waals surface area (Å²) in [5.41, 5.74) is 6.58. The average Bonchev–Trinajstić information content (AvgIpc) is 2.65. The minimum absolute atomic E-state index is 0.580. The summed E-state index contributed by atoms with van der Waals surface area (Å²) in [6.45, 7) is 0. The van der Waals surface area contributed by atoms with Crippen molar-refractivity contribution < 1.29 is 4.79 Å². The van der Waals surface area contributed by atoms with Gasteiger partial charge in [-0.3, -0.25) is 5.10 Å². The summed E-state index contributed by atoms with van der Waals surface area (Å²) < 4.78 is 0.634. The number of primary amides is 1. The third-order valence-corrected chi connectivity index (χ3v) is 2.98. The minimum atomic E-state index is -0.580. The number of urea groups is 1. The molecule has 0 radical (unpaired) electrons. The Bertz CT molecular complexity index is 557. The van der Waals surface area contributed by atoms with Crippen molar-refractivity contribution in [2.45, 2.75) is 0 Å². The molecule has 1 heterocycles. The number of H-pyrrole nitrogens is 1. The van der Waals surface area contributed by atoms with Crippen LogP contribution in [0.2, 0.25) is 0 Å². The highest BCUT2D eigenvalue weighted by atomic mass is 32.1. The van der Waals surface area contributed by atoms with Gasteiger partial charge >= 0.3 is 6.03 Å². The van der Waals surface area contributed by atoms with Crippen LogP contribution in [0.1, 0.15) is 0 Å². The van der Waals surface area contributed by atoms with E-state index in [1.165, 1.54) is 11.3 Å². The summed E-state index contributed by atoms with van der Waals surface area (Å²) in [6.07, 6.45) is 0. The fraction of sp³-hybridized carbons (Fsp3) is 0. The monoisotopic (exact) mass is 252 g/mol. The molecular formula is C9H8N4OS2.